The molecule has 0 heterocycles. The Bertz CT molecular complexity index is 622. The molecule has 26 heavy (non-hydrogen) atoms. The van der Waals surface area contributed by atoms with Gasteiger partial charge in [0.25, 0.3) is 0 Å². The van der Waals surface area contributed by atoms with Gasteiger partial charge in [0.2, 0.25) is 5.91 Å². The predicted molar refractivity (Wildman–Crippen MR) is 105 cm³/mol. The van der Waals surface area contributed by atoms with Gasteiger partial charge in [0.1, 0.15) is 5.75 Å². The standard InChI is InChI=1S/C20H32N4O2/c1-5-21-19(22-14-16-10-6-7-11-17(16)26-4)23-15-20(12-8-9-13-20)18(25)24(2)3/h6-7,10-11H,5,8-9,12-15H2,1-4H3,(H2,21,22,23). The monoisotopic (exact) mass is 360 g/mol. The van der Waals surface area contributed by atoms with Crippen LogP contribution in [0.15, 0.2) is 29.3 Å². The number of guanidine groups is 1. The van der Waals surface area contributed by atoms with E-state index >= 15 is 0 Å². The minimum absolute atomic E-state index is 0.211. The summed E-state index contributed by atoms with van der Waals surface area (Å²) in [6.45, 7) is 3.94. The van der Waals surface area contributed by atoms with E-state index < -0.39 is 0 Å². The number of carbonyl (C=O) groups excluding carboxylic acids is 1. The van der Waals surface area contributed by atoms with Crippen molar-refractivity contribution in [1.29, 1.82) is 0 Å². The van der Waals surface area contributed by atoms with Gasteiger partial charge in [-0.15, -0.1) is 0 Å². The molecule has 0 bridgehead atoms. The molecule has 1 aromatic carbocycles. The van der Waals surface area contributed by atoms with E-state index in [-0.39, 0.29) is 11.3 Å². The van der Waals surface area contributed by atoms with Gasteiger partial charge in [0.15, 0.2) is 5.96 Å². The van der Waals surface area contributed by atoms with Crippen molar-refractivity contribution in [3.8, 4) is 5.75 Å². The van der Waals surface area contributed by atoms with Gasteiger partial charge >= 0.3 is 0 Å². The maximum atomic E-state index is 12.7. The molecule has 0 radical (unpaired) electrons. The van der Waals surface area contributed by atoms with Gasteiger partial charge in [0.05, 0.1) is 19.1 Å². The number of nitrogens with zero attached hydrogens (tertiary/aromatic N) is 2. The fourth-order valence-corrected chi connectivity index (χ4v) is 3.58. The number of hydrogen-bond acceptors (Lipinski definition) is 3. The Hall–Kier alpha value is -2.24. The Morgan fingerprint density at radius 1 is 1.23 bits per heavy atom. The van der Waals surface area contributed by atoms with Crippen molar-refractivity contribution in [2.45, 2.75) is 39.2 Å². The first-order valence-corrected chi connectivity index (χ1v) is 9.38. The minimum Gasteiger partial charge on any atom is -0.496 e. The molecule has 1 fully saturated rings. The molecule has 0 aliphatic heterocycles. The van der Waals surface area contributed by atoms with Gasteiger partial charge in [-0.2, -0.15) is 0 Å². The largest absolute Gasteiger partial charge is 0.496 e. The molecule has 6 nitrogen and oxygen atoms in total. The average molecular weight is 361 g/mol. The van der Waals surface area contributed by atoms with Crippen molar-refractivity contribution in [2.24, 2.45) is 10.4 Å². The van der Waals surface area contributed by atoms with Crippen LogP contribution in [0, 0.1) is 5.41 Å². The molecule has 0 unspecified atom stereocenters. The first-order valence-electron chi connectivity index (χ1n) is 9.38. The fraction of sp³-hybridized carbons (Fsp3) is 0.600. The van der Waals surface area contributed by atoms with Crippen molar-refractivity contribution in [3.05, 3.63) is 29.8 Å². The normalized spacial score (nSPS) is 16.2. The van der Waals surface area contributed by atoms with Crippen LogP contribution in [0.4, 0.5) is 0 Å². The average Bonchev–Trinajstić information content (AvgIpc) is 3.13. The van der Waals surface area contributed by atoms with Crippen LogP contribution in [0.3, 0.4) is 0 Å². The summed E-state index contributed by atoms with van der Waals surface area (Å²) in [5.41, 5.74) is 0.719. The molecule has 6 heteroatoms. The maximum absolute atomic E-state index is 12.7. The molecule has 0 aromatic heterocycles. The Kier molecular flexibility index (Phi) is 7.30. The molecular formula is C20H32N4O2. The number of para-hydroxylation sites is 1. The molecule has 1 amide bonds. The van der Waals surface area contributed by atoms with Gasteiger partial charge in [-0.1, -0.05) is 31.0 Å². The highest BCUT2D eigenvalue weighted by molar-refractivity contribution is 5.85. The van der Waals surface area contributed by atoms with Crippen LogP contribution in [0.1, 0.15) is 38.2 Å². The second-order valence-electron chi connectivity index (χ2n) is 7.05. The topological polar surface area (TPSA) is 66.0 Å². The molecule has 1 aromatic rings. The third kappa shape index (κ3) is 4.90. The summed E-state index contributed by atoms with van der Waals surface area (Å²) in [5.74, 6) is 1.78. The third-order valence-electron chi connectivity index (χ3n) is 4.96. The lowest BCUT2D eigenvalue weighted by atomic mass is 9.84. The molecule has 1 saturated carbocycles. The summed E-state index contributed by atoms with van der Waals surface area (Å²) in [6.07, 6.45) is 4.08. The van der Waals surface area contributed by atoms with E-state index in [4.69, 9.17) is 4.74 Å². The van der Waals surface area contributed by atoms with Crippen LogP contribution in [0.5, 0.6) is 5.75 Å². The van der Waals surface area contributed by atoms with E-state index in [9.17, 15) is 4.79 Å². The van der Waals surface area contributed by atoms with Gasteiger partial charge in [-0.05, 0) is 25.8 Å². The Morgan fingerprint density at radius 3 is 2.54 bits per heavy atom. The summed E-state index contributed by atoms with van der Waals surface area (Å²) in [5, 5.41) is 6.67. The molecule has 0 atom stereocenters. The van der Waals surface area contributed by atoms with Gasteiger partial charge in [0, 0.05) is 32.7 Å². The first kappa shape index (κ1) is 20.1. The number of rotatable bonds is 7. The number of nitrogens with one attached hydrogen (secondary N) is 2. The zero-order valence-corrected chi connectivity index (χ0v) is 16.5. The number of hydrogen-bond donors (Lipinski definition) is 2. The summed E-state index contributed by atoms with van der Waals surface area (Å²) in [7, 11) is 5.34. The minimum atomic E-state index is -0.315. The summed E-state index contributed by atoms with van der Waals surface area (Å²) in [4.78, 5) is 19.1. The lowest BCUT2D eigenvalue weighted by molar-refractivity contribution is -0.138. The molecule has 1 aliphatic rings. The van der Waals surface area contributed by atoms with E-state index in [0.29, 0.717) is 13.1 Å². The van der Waals surface area contributed by atoms with E-state index in [1.807, 2.05) is 45.3 Å². The van der Waals surface area contributed by atoms with Crippen LogP contribution in [0.2, 0.25) is 0 Å². The highest BCUT2D eigenvalue weighted by Gasteiger charge is 2.42. The molecule has 2 N–H and O–H groups in total. The van der Waals surface area contributed by atoms with Crippen LogP contribution in [-0.4, -0.2) is 51.1 Å². The van der Waals surface area contributed by atoms with E-state index in [1.165, 1.54) is 0 Å². The van der Waals surface area contributed by atoms with Gasteiger partial charge < -0.3 is 20.3 Å². The quantitative estimate of drug-likeness (QED) is 0.579. The van der Waals surface area contributed by atoms with Gasteiger partial charge in [-0.25, -0.2) is 4.99 Å². The highest BCUT2D eigenvalue weighted by atomic mass is 16.5. The van der Waals surface area contributed by atoms with E-state index in [0.717, 1.165) is 49.5 Å². The van der Waals surface area contributed by atoms with Crippen molar-refractivity contribution >= 4 is 11.9 Å². The number of amides is 1. The lowest BCUT2D eigenvalue weighted by Crippen LogP contribution is -2.49. The predicted octanol–water partition coefficient (Wildman–Crippen LogP) is 2.40. The molecule has 144 valence electrons. The van der Waals surface area contributed by atoms with Crippen molar-refractivity contribution in [1.82, 2.24) is 15.5 Å². The lowest BCUT2D eigenvalue weighted by Gasteiger charge is -2.31. The van der Waals surface area contributed by atoms with Crippen LogP contribution < -0.4 is 15.4 Å². The summed E-state index contributed by atoms with van der Waals surface area (Å²) in [6, 6.07) is 7.89. The maximum Gasteiger partial charge on any atom is 0.230 e. The van der Waals surface area contributed by atoms with Gasteiger partial charge in [-0.3, -0.25) is 4.79 Å². The number of ether oxygens (including phenoxy) is 1. The molecular weight excluding hydrogens is 328 g/mol. The van der Waals surface area contributed by atoms with Crippen LogP contribution in [0.25, 0.3) is 0 Å². The van der Waals surface area contributed by atoms with E-state index in [1.54, 1.807) is 12.0 Å². The van der Waals surface area contributed by atoms with Crippen molar-refractivity contribution in [3.63, 3.8) is 0 Å². The Labute approximate surface area is 157 Å². The van der Waals surface area contributed by atoms with Crippen molar-refractivity contribution in [2.75, 3.05) is 34.3 Å². The zero-order chi connectivity index (χ0) is 19.0. The molecule has 2 rings (SSSR count). The zero-order valence-electron chi connectivity index (χ0n) is 16.5. The third-order valence-corrected chi connectivity index (χ3v) is 4.96. The molecule has 0 saturated heterocycles. The number of aliphatic imine (C=N–C) groups is 1. The number of carbonyl (C=O) groups is 1. The fourth-order valence-electron chi connectivity index (χ4n) is 3.58. The van der Waals surface area contributed by atoms with Crippen LogP contribution in [-0.2, 0) is 11.3 Å². The second-order valence-corrected chi connectivity index (χ2v) is 7.05. The number of benzene rings is 1. The highest BCUT2D eigenvalue weighted by Crippen LogP contribution is 2.38. The summed E-state index contributed by atoms with van der Waals surface area (Å²) < 4.78 is 5.39. The molecule has 0 spiro atoms. The summed E-state index contributed by atoms with van der Waals surface area (Å²) >= 11 is 0. The SMILES string of the molecule is CCNC(=NCc1ccccc1OC)NCC1(C(=O)N(C)C)CCCC1. The first-order chi connectivity index (χ1) is 12.5. The number of methoxy groups -OCH3 is 1. The molecule has 1 aliphatic carbocycles. The second kappa shape index (κ2) is 9.46. The smallest absolute Gasteiger partial charge is 0.230 e. The van der Waals surface area contributed by atoms with Crippen molar-refractivity contribution < 1.29 is 9.53 Å². The Morgan fingerprint density at radius 2 is 1.92 bits per heavy atom. The van der Waals surface area contributed by atoms with E-state index in [2.05, 4.69) is 15.6 Å². The Balaban J connectivity index is 2.08. The van der Waals surface area contributed by atoms with Crippen LogP contribution >= 0.6 is 0 Å².